The number of likely N-dealkylation sites (tertiary alicyclic amines) is 1. The third kappa shape index (κ3) is 6.18. The Morgan fingerprint density at radius 3 is 2.31 bits per heavy atom. The summed E-state index contributed by atoms with van der Waals surface area (Å²) in [5.74, 6) is -1.38. The molecule has 2 aromatic carbocycles. The number of allylic oxidation sites excluding steroid dienone is 2. The molecule has 10 heteroatoms. The maximum absolute atomic E-state index is 12.9. The minimum Gasteiger partial charge on any atom is -0.468 e. The van der Waals surface area contributed by atoms with Gasteiger partial charge in [-0.25, -0.2) is 0 Å². The van der Waals surface area contributed by atoms with Crippen LogP contribution in [0.15, 0.2) is 71.0 Å². The van der Waals surface area contributed by atoms with Crippen LogP contribution in [0.5, 0.6) is 0 Å². The number of rotatable bonds is 11. The molecule has 1 fully saturated rings. The molecule has 0 aliphatic carbocycles. The highest BCUT2D eigenvalue weighted by atomic mass is 16.6. The van der Waals surface area contributed by atoms with E-state index in [4.69, 9.17) is 4.74 Å². The number of hydrogen-bond donors (Lipinski definition) is 0. The zero-order valence-electron chi connectivity index (χ0n) is 24.6. The summed E-state index contributed by atoms with van der Waals surface area (Å²) in [7, 11) is 1.43. The van der Waals surface area contributed by atoms with Crippen LogP contribution in [0, 0.1) is 16.0 Å². The Bertz CT molecular complexity index is 1380. The number of ether oxygens (including phenoxy) is 1. The van der Waals surface area contributed by atoms with Gasteiger partial charge in [0.05, 0.1) is 34.8 Å². The molecule has 1 amide bonds. The van der Waals surface area contributed by atoms with Gasteiger partial charge in [-0.3, -0.25) is 29.5 Å². The molecule has 0 spiro atoms. The lowest BCUT2D eigenvalue weighted by Gasteiger charge is -2.40. The van der Waals surface area contributed by atoms with Gasteiger partial charge in [0.2, 0.25) is 6.41 Å². The lowest BCUT2D eigenvalue weighted by atomic mass is 9.72. The molecular weight excluding hydrogens is 536 g/mol. The molecule has 0 radical (unpaired) electrons. The number of carbonyl (C=O) groups excluding carboxylic acids is 3. The average Bonchev–Trinajstić information content (AvgIpc) is 2.99. The Morgan fingerprint density at radius 2 is 1.76 bits per heavy atom. The van der Waals surface area contributed by atoms with E-state index in [1.807, 2.05) is 37.3 Å². The first-order valence-corrected chi connectivity index (χ1v) is 14.2. The fourth-order valence-corrected chi connectivity index (χ4v) is 6.50. The number of methoxy groups -OCH3 is 1. The monoisotopic (exact) mass is 574 g/mol. The van der Waals surface area contributed by atoms with Crippen LogP contribution < -0.4 is 0 Å². The molecule has 2 heterocycles. The van der Waals surface area contributed by atoms with E-state index in [1.54, 1.807) is 24.0 Å². The highest BCUT2D eigenvalue weighted by molar-refractivity contribution is 6.05. The van der Waals surface area contributed by atoms with E-state index in [9.17, 15) is 24.5 Å². The Morgan fingerprint density at radius 1 is 1.12 bits per heavy atom. The molecular formula is C32H38N4O6. The van der Waals surface area contributed by atoms with Crippen molar-refractivity contribution < 1.29 is 24.0 Å². The van der Waals surface area contributed by atoms with Gasteiger partial charge < -0.3 is 14.5 Å². The predicted octanol–water partition coefficient (Wildman–Crippen LogP) is 4.64. The van der Waals surface area contributed by atoms with Crippen molar-refractivity contribution in [3.05, 3.63) is 87.2 Å². The number of nitro groups is 1. The molecule has 42 heavy (non-hydrogen) atoms. The van der Waals surface area contributed by atoms with Gasteiger partial charge in [0.25, 0.3) is 5.69 Å². The number of hydrogen-bond acceptors (Lipinski definition) is 8. The smallest absolute Gasteiger partial charge is 0.316 e. The second kappa shape index (κ2) is 13.2. The second-order valence-electron chi connectivity index (χ2n) is 11.1. The van der Waals surface area contributed by atoms with Crippen LogP contribution >= 0.6 is 0 Å². The molecule has 2 aliphatic rings. The molecule has 0 bridgehead atoms. The second-order valence-corrected chi connectivity index (χ2v) is 11.1. The van der Waals surface area contributed by atoms with Crippen LogP contribution in [-0.4, -0.2) is 71.9 Å². The SMILES string of the molecule is COC(=O)C1(c2ccccc2)CCN(CCCN(C=O)C2=C(C)N=C(C)C(C(C)=O)C2c2ccc([N+](=O)[O-])cc2)CC1. The van der Waals surface area contributed by atoms with E-state index in [-0.39, 0.29) is 17.4 Å². The van der Waals surface area contributed by atoms with Crippen LogP contribution in [0.1, 0.15) is 57.1 Å². The molecule has 2 aromatic rings. The first-order valence-electron chi connectivity index (χ1n) is 14.2. The van der Waals surface area contributed by atoms with Gasteiger partial charge in [-0.1, -0.05) is 42.5 Å². The third-order valence-corrected chi connectivity index (χ3v) is 8.62. The normalized spacial score (nSPS) is 20.4. The minimum atomic E-state index is -0.666. The van der Waals surface area contributed by atoms with Crippen molar-refractivity contribution in [3.8, 4) is 0 Å². The summed E-state index contributed by atoms with van der Waals surface area (Å²) in [4.78, 5) is 57.5. The molecule has 1 saturated heterocycles. The summed E-state index contributed by atoms with van der Waals surface area (Å²) in [6, 6.07) is 15.9. The van der Waals surface area contributed by atoms with E-state index in [0.717, 1.165) is 18.5 Å². The summed E-state index contributed by atoms with van der Waals surface area (Å²) < 4.78 is 5.21. The number of benzene rings is 2. The van der Waals surface area contributed by atoms with E-state index in [1.165, 1.54) is 26.2 Å². The zero-order chi connectivity index (χ0) is 30.4. The summed E-state index contributed by atoms with van der Waals surface area (Å²) in [5.41, 5.74) is 2.91. The number of nitro benzene ring substituents is 1. The fourth-order valence-electron chi connectivity index (χ4n) is 6.50. The molecule has 2 atom stereocenters. The Balaban J connectivity index is 1.49. The fraction of sp³-hybridized carbons (Fsp3) is 0.438. The van der Waals surface area contributed by atoms with Crippen molar-refractivity contribution in [1.29, 1.82) is 0 Å². The molecule has 4 rings (SSSR count). The number of esters is 1. The van der Waals surface area contributed by atoms with Crippen molar-refractivity contribution in [1.82, 2.24) is 9.80 Å². The molecule has 0 aromatic heterocycles. The van der Waals surface area contributed by atoms with Gasteiger partial charge in [0.15, 0.2) is 0 Å². The lowest BCUT2D eigenvalue weighted by Crippen LogP contribution is -2.48. The largest absolute Gasteiger partial charge is 0.468 e. The number of carbonyl (C=O) groups is 3. The first kappa shape index (κ1) is 30.8. The van der Waals surface area contributed by atoms with Crippen molar-refractivity contribution in [2.24, 2.45) is 10.9 Å². The summed E-state index contributed by atoms with van der Waals surface area (Å²) in [5, 5.41) is 11.2. The van der Waals surface area contributed by atoms with E-state index in [2.05, 4.69) is 9.89 Å². The number of aliphatic imine (C=N–C) groups is 1. The number of ketones is 1. The lowest BCUT2D eigenvalue weighted by molar-refractivity contribution is -0.384. The maximum atomic E-state index is 12.9. The third-order valence-electron chi connectivity index (χ3n) is 8.62. The zero-order valence-corrected chi connectivity index (χ0v) is 24.6. The summed E-state index contributed by atoms with van der Waals surface area (Å²) >= 11 is 0. The Hall–Kier alpha value is -4.18. The first-order chi connectivity index (χ1) is 20.1. The van der Waals surface area contributed by atoms with Gasteiger partial charge >= 0.3 is 5.97 Å². The van der Waals surface area contributed by atoms with Gasteiger partial charge in [0, 0.05) is 30.3 Å². The van der Waals surface area contributed by atoms with Crippen molar-refractivity contribution >= 4 is 29.6 Å². The van der Waals surface area contributed by atoms with E-state index >= 15 is 0 Å². The van der Waals surface area contributed by atoms with Gasteiger partial charge in [-0.2, -0.15) is 0 Å². The average molecular weight is 575 g/mol. The van der Waals surface area contributed by atoms with Crippen molar-refractivity contribution in [2.45, 2.75) is 51.4 Å². The summed E-state index contributed by atoms with van der Waals surface area (Å²) in [6.07, 6.45) is 2.73. The number of Topliss-reactive ketones (excluding diaryl/α,β-unsaturated/α-hetero) is 1. The van der Waals surface area contributed by atoms with Crippen LogP contribution in [-0.2, 0) is 24.5 Å². The number of amides is 1. The standard InChI is InChI=1S/C32H38N4O6/c1-22-28(24(3)38)29(25-11-13-27(14-12-25)36(40)41)30(23(2)33-22)35(21-37)18-8-17-34-19-15-32(16-20-34,31(39)42-4)26-9-6-5-7-10-26/h5-7,9-14,21,28-29H,8,15-20H2,1-4H3. The molecule has 2 unspecified atom stereocenters. The molecule has 10 nitrogen and oxygen atoms in total. The van der Waals surface area contributed by atoms with Gasteiger partial charge in [-0.05, 0) is 70.8 Å². The molecule has 0 N–H and O–H groups in total. The van der Waals surface area contributed by atoms with Crippen molar-refractivity contribution in [2.75, 3.05) is 33.3 Å². The topological polar surface area (TPSA) is 122 Å². The number of piperidine rings is 1. The molecule has 222 valence electrons. The minimum absolute atomic E-state index is 0.0427. The van der Waals surface area contributed by atoms with Gasteiger partial charge in [0.1, 0.15) is 5.78 Å². The predicted molar refractivity (Wildman–Crippen MR) is 159 cm³/mol. The number of nitrogens with zero attached hydrogens (tertiary/aromatic N) is 4. The number of non-ortho nitro benzene ring substituents is 1. The van der Waals surface area contributed by atoms with Gasteiger partial charge in [-0.15, -0.1) is 0 Å². The van der Waals surface area contributed by atoms with E-state index < -0.39 is 22.2 Å². The Kier molecular flexibility index (Phi) is 9.67. The summed E-state index contributed by atoms with van der Waals surface area (Å²) in [6.45, 7) is 7.70. The van der Waals surface area contributed by atoms with Crippen LogP contribution in [0.4, 0.5) is 5.69 Å². The van der Waals surface area contributed by atoms with Crippen LogP contribution in [0.3, 0.4) is 0 Å². The maximum Gasteiger partial charge on any atom is 0.316 e. The quantitative estimate of drug-likeness (QED) is 0.166. The van der Waals surface area contributed by atoms with Crippen LogP contribution in [0.2, 0.25) is 0 Å². The highest BCUT2D eigenvalue weighted by Gasteiger charge is 2.44. The van der Waals surface area contributed by atoms with Crippen molar-refractivity contribution in [3.63, 3.8) is 0 Å². The Labute approximate surface area is 246 Å². The van der Waals surface area contributed by atoms with Crippen LogP contribution in [0.25, 0.3) is 0 Å². The molecule has 0 saturated carbocycles. The van der Waals surface area contributed by atoms with E-state index in [0.29, 0.717) is 61.6 Å². The molecule has 2 aliphatic heterocycles. The highest BCUT2D eigenvalue weighted by Crippen LogP contribution is 2.41.